The Morgan fingerprint density at radius 2 is 2.11 bits per heavy atom. The Balaban J connectivity index is 0.00000289. The van der Waals surface area contributed by atoms with Crippen molar-refractivity contribution in [1.29, 1.82) is 0 Å². The molecule has 1 aromatic rings. The van der Waals surface area contributed by atoms with Crippen LogP contribution in [0.4, 0.5) is 0 Å². The van der Waals surface area contributed by atoms with Gasteiger partial charge in [0, 0.05) is 25.2 Å². The van der Waals surface area contributed by atoms with Crippen molar-refractivity contribution in [2.45, 2.75) is 11.0 Å². The minimum atomic E-state index is -3.63. The van der Waals surface area contributed by atoms with Gasteiger partial charge in [0.05, 0.1) is 11.0 Å². The first-order chi connectivity index (χ1) is 7.87. The molecule has 0 saturated heterocycles. The highest BCUT2D eigenvalue weighted by Crippen LogP contribution is 2.18. The molecule has 0 spiro atoms. The smallest absolute Gasteiger partial charge is 0.242 e. The number of halogens is 2. The van der Waals surface area contributed by atoms with Crippen molar-refractivity contribution in [3.05, 3.63) is 29.3 Å². The zero-order valence-corrected chi connectivity index (χ0v) is 12.2. The molecule has 104 valence electrons. The Labute approximate surface area is 118 Å². The third kappa shape index (κ3) is 4.38. The van der Waals surface area contributed by atoms with Crippen molar-refractivity contribution < 1.29 is 13.5 Å². The van der Waals surface area contributed by atoms with Crippen LogP contribution in [0.3, 0.4) is 0 Å². The minimum Gasteiger partial charge on any atom is -0.390 e. The molecule has 1 rings (SSSR count). The van der Waals surface area contributed by atoms with E-state index >= 15 is 0 Å². The first-order valence-electron chi connectivity index (χ1n) is 4.98. The van der Waals surface area contributed by atoms with Crippen molar-refractivity contribution in [1.82, 2.24) is 4.31 Å². The van der Waals surface area contributed by atoms with E-state index in [-0.39, 0.29) is 30.4 Å². The quantitative estimate of drug-likeness (QED) is 0.838. The van der Waals surface area contributed by atoms with Crippen LogP contribution in [0.5, 0.6) is 0 Å². The summed E-state index contributed by atoms with van der Waals surface area (Å²) in [5, 5.41) is 9.68. The maximum Gasteiger partial charge on any atom is 0.242 e. The third-order valence-corrected chi connectivity index (χ3v) is 4.30. The number of aliphatic hydroxyl groups excluding tert-OH is 1. The second-order valence-corrected chi connectivity index (χ2v) is 6.11. The average molecular weight is 315 g/mol. The second kappa shape index (κ2) is 7.28. The number of sulfonamides is 1. The number of hydrogen-bond donors (Lipinski definition) is 2. The Bertz CT molecular complexity index is 482. The molecule has 8 heteroatoms. The van der Waals surface area contributed by atoms with E-state index in [0.29, 0.717) is 5.02 Å². The van der Waals surface area contributed by atoms with Crippen LogP contribution in [0.1, 0.15) is 0 Å². The summed E-state index contributed by atoms with van der Waals surface area (Å²) in [4.78, 5) is 0.0942. The van der Waals surface area contributed by atoms with Gasteiger partial charge in [-0.3, -0.25) is 0 Å². The Morgan fingerprint density at radius 3 is 2.61 bits per heavy atom. The first-order valence-corrected chi connectivity index (χ1v) is 6.79. The molecule has 1 unspecified atom stereocenters. The standard InChI is InChI=1S/C10H15ClN2O3S.ClH/c1-13(7-9(14)6-12)17(15,16)10-4-2-3-8(11)5-10;/h2-5,9,14H,6-7,12H2,1H3;1H. The molecule has 0 fully saturated rings. The minimum absolute atomic E-state index is 0. The molecule has 18 heavy (non-hydrogen) atoms. The van der Waals surface area contributed by atoms with Crippen LogP contribution in [-0.4, -0.2) is 44.1 Å². The lowest BCUT2D eigenvalue weighted by Crippen LogP contribution is -2.37. The molecule has 1 atom stereocenters. The summed E-state index contributed by atoms with van der Waals surface area (Å²) in [6.45, 7) is -0.0409. The van der Waals surface area contributed by atoms with Gasteiger partial charge in [-0.05, 0) is 18.2 Å². The average Bonchev–Trinajstić information content (AvgIpc) is 2.28. The summed E-state index contributed by atoms with van der Waals surface area (Å²) in [7, 11) is -2.25. The van der Waals surface area contributed by atoms with E-state index in [1.165, 1.54) is 19.2 Å². The second-order valence-electron chi connectivity index (χ2n) is 3.63. The van der Waals surface area contributed by atoms with Crippen molar-refractivity contribution in [2.75, 3.05) is 20.1 Å². The summed E-state index contributed by atoms with van der Waals surface area (Å²) in [6.07, 6.45) is -0.881. The topological polar surface area (TPSA) is 83.6 Å². The molecule has 0 bridgehead atoms. The third-order valence-electron chi connectivity index (χ3n) is 2.24. The van der Waals surface area contributed by atoms with E-state index in [4.69, 9.17) is 17.3 Å². The molecule has 1 aromatic carbocycles. The van der Waals surface area contributed by atoms with E-state index in [2.05, 4.69) is 0 Å². The van der Waals surface area contributed by atoms with Crippen molar-refractivity contribution >= 4 is 34.0 Å². The van der Waals surface area contributed by atoms with E-state index < -0.39 is 16.1 Å². The van der Waals surface area contributed by atoms with Crippen LogP contribution in [0.2, 0.25) is 5.02 Å². The van der Waals surface area contributed by atoms with Crippen molar-refractivity contribution in [3.63, 3.8) is 0 Å². The fraction of sp³-hybridized carbons (Fsp3) is 0.400. The molecule has 0 aliphatic rings. The van der Waals surface area contributed by atoms with Gasteiger partial charge >= 0.3 is 0 Å². The van der Waals surface area contributed by atoms with Gasteiger partial charge in [-0.15, -0.1) is 12.4 Å². The Morgan fingerprint density at radius 1 is 1.50 bits per heavy atom. The van der Waals surface area contributed by atoms with Gasteiger partial charge in [-0.25, -0.2) is 8.42 Å². The summed E-state index contributed by atoms with van der Waals surface area (Å²) in [6, 6.07) is 5.96. The number of aliphatic hydroxyl groups is 1. The summed E-state index contributed by atoms with van der Waals surface area (Å²) in [5.41, 5.74) is 5.23. The predicted molar refractivity (Wildman–Crippen MR) is 73.6 cm³/mol. The largest absolute Gasteiger partial charge is 0.390 e. The zero-order chi connectivity index (χ0) is 13.1. The SMILES string of the molecule is CN(CC(O)CN)S(=O)(=O)c1cccc(Cl)c1.Cl. The normalized spacial score (nSPS) is 13.2. The highest BCUT2D eigenvalue weighted by molar-refractivity contribution is 7.89. The van der Waals surface area contributed by atoms with Crippen molar-refractivity contribution in [3.8, 4) is 0 Å². The van der Waals surface area contributed by atoms with E-state index in [1.54, 1.807) is 12.1 Å². The highest BCUT2D eigenvalue weighted by Gasteiger charge is 2.22. The van der Waals surface area contributed by atoms with Crippen LogP contribution in [-0.2, 0) is 10.0 Å². The van der Waals surface area contributed by atoms with Gasteiger partial charge in [0.1, 0.15) is 0 Å². The lowest BCUT2D eigenvalue weighted by atomic mass is 10.4. The van der Waals surface area contributed by atoms with Crippen molar-refractivity contribution in [2.24, 2.45) is 5.73 Å². The molecule has 5 nitrogen and oxygen atoms in total. The van der Waals surface area contributed by atoms with Crippen LogP contribution >= 0.6 is 24.0 Å². The van der Waals surface area contributed by atoms with Gasteiger partial charge in [0.2, 0.25) is 10.0 Å². The number of likely N-dealkylation sites (N-methyl/N-ethyl adjacent to an activating group) is 1. The van der Waals surface area contributed by atoms with Crippen LogP contribution in [0.25, 0.3) is 0 Å². The monoisotopic (exact) mass is 314 g/mol. The van der Waals surface area contributed by atoms with Gasteiger partial charge < -0.3 is 10.8 Å². The van der Waals surface area contributed by atoms with Crippen LogP contribution in [0.15, 0.2) is 29.2 Å². The van der Waals surface area contributed by atoms with Gasteiger partial charge in [0.15, 0.2) is 0 Å². The summed E-state index contributed by atoms with van der Waals surface area (Å²) >= 11 is 5.74. The fourth-order valence-corrected chi connectivity index (χ4v) is 2.79. The van der Waals surface area contributed by atoms with Gasteiger partial charge in [-0.1, -0.05) is 17.7 Å². The first kappa shape index (κ1) is 17.6. The summed E-state index contributed by atoms with van der Waals surface area (Å²) in [5.74, 6) is 0. The maximum absolute atomic E-state index is 12.1. The fourth-order valence-electron chi connectivity index (χ4n) is 1.28. The van der Waals surface area contributed by atoms with E-state index in [0.717, 1.165) is 4.31 Å². The molecule has 0 radical (unpaired) electrons. The number of nitrogens with two attached hydrogens (primary N) is 1. The van der Waals surface area contributed by atoms with Crippen LogP contribution < -0.4 is 5.73 Å². The lowest BCUT2D eigenvalue weighted by Gasteiger charge is -2.19. The molecule has 0 aliphatic carbocycles. The Hall–Kier alpha value is -0.370. The molecular formula is C10H16Cl2N2O3S. The molecule has 0 amide bonds. The maximum atomic E-state index is 12.1. The zero-order valence-electron chi connectivity index (χ0n) is 9.78. The predicted octanol–water partition coefficient (Wildman–Crippen LogP) is 0.702. The summed E-state index contributed by atoms with van der Waals surface area (Å²) < 4.78 is 25.2. The van der Waals surface area contributed by atoms with E-state index in [9.17, 15) is 13.5 Å². The molecular weight excluding hydrogens is 299 g/mol. The number of benzene rings is 1. The molecule has 0 aromatic heterocycles. The molecule has 0 saturated carbocycles. The number of nitrogens with zero attached hydrogens (tertiary/aromatic N) is 1. The molecule has 0 aliphatic heterocycles. The molecule has 0 heterocycles. The van der Waals surface area contributed by atoms with E-state index in [1.807, 2.05) is 0 Å². The van der Waals surface area contributed by atoms with Crippen LogP contribution in [0, 0.1) is 0 Å². The number of hydrogen-bond acceptors (Lipinski definition) is 4. The van der Waals surface area contributed by atoms with Gasteiger partial charge in [0.25, 0.3) is 0 Å². The molecule has 3 N–H and O–H groups in total. The Kier molecular flexibility index (Phi) is 7.13. The lowest BCUT2D eigenvalue weighted by molar-refractivity contribution is 0.160. The highest BCUT2D eigenvalue weighted by atomic mass is 35.5. The number of rotatable bonds is 5. The van der Waals surface area contributed by atoms with Gasteiger partial charge in [-0.2, -0.15) is 4.31 Å².